The van der Waals surface area contributed by atoms with Crippen LogP contribution in [0.25, 0.3) is 0 Å². The summed E-state index contributed by atoms with van der Waals surface area (Å²) < 4.78 is 33.9. The van der Waals surface area contributed by atoms with Gasteiger partial charge in [-0.1, -0.05) is 13.0 Å². The summed E-state index contributed by atoms with van der Waals surface area (Å²) in [4.78, 5) is 27.9. The van der Waals surface area contributed by atoms with Crippen LogP contribution in [0.3, 0.4) is 0 Å². The van der Waals surface area contributed by atoms with Crippen LogP contribution in [0.5, 0.6) is 0 Å². The van der Waals surface area contributed by atoms with E-state index in [0.717, 1.165) is 0 Å². The SMILES string of the molecule is CCc1c(N2CCOCC2=O)cccc1S(=O)(=O)N[C@@H](CN)C(=O)N1CC[C@@H](O)C1. The van der Waals surface area contributed by atoms with Crippen LogP contribution < -0.4 is 15.4 Å². The molecule has 0 bridgehead atoms. The van der Waals surface area contributed by atoms with E-state index in [-0.39, 0.29) is 30.5 Å². The maximum Gasteiger partial charge on any atom is 0.253 e. The van der Waals surface area contributed by atoms with E-state index in [2.05, 4.69) is 4.72 Å². The molecule has 2 aliphatic rings. The van der Waals surface area contributed by atoms with E-state index >= 15 is 0 Å². The summed E-state index contributed by atoms with van der Waals surface area (Å²) in [5, 5.41) is 9.65. The summed E-state index contributed by atoms with van der Waals surface area (Å²) in [6.07, 6.45) is 0.209. The number of nitrogens with two attached hydrogens (primary N) is 1. The molecule has 0 spiro atoms. The molecule has 2 saturated heterocycles. The lowest BCUT2D eigenvalue weighted by molar-refractivity contribution is -0.132. The van der Waals surface area contributed by atoms with Crippen LogP contribution in [-0.2, 0) is 30.8 Å². The lowest BCUT2D eigenvalue weighted by Crippen LogP contribution is -2.51. The summed E-state index contributed by atoms with van der Waals surface area (Å²) in [5.74, 6) is -0.698. The second-order valence-corrected chi connectivity index (χ2v) is 9.02. The van der Waals surface area contributed by atoms with E-state index in [1.54, 1.807) is 19.1 Å². The molecule has 2 aliphatic heterocycles. The Labute approximate surface area is 176 Å². The smallest absolute Gasteiger partial charge is 0.253 e. The van der Waals surface area contributed by atoms with Crippen molar-refractivity contribution in [2.24, 2.45) is 5.73 Å². The van der Waals surface area contributed by atoms with Gasteiger partial charge in [0.25, 0.3) is 5.91 Å². The minimum Gasteiger partial charge on any atom is -0.391 e. The van der Waals surface area contributed by atoms with Crippen molar-refractivity contribution >= 4 is 27.5 Å². The average molecular weight is 441 g/mol. The molecule has 166 valence electrons. The van der Waals surface area contributed by atoms with Crippen molar-refractivity contribution in [1.82, 2.24) is 9.62 Å². The van der Waals surface area contributed by atoms with Crippen LogP contribution in [0.2, 0.25) is 0 Å². The first-order valence-electron chi connectivity index (χ1n) is 9.97. The number of carbonyl (C=O) groups is 2. The second-order valence-electron chi connectivity index (χ2n) is 7.34. The number of carbonyl (C=O) groups excluding carboxylic acids is 2. The van der Waals surface area contributed by atoms with E-state index in [1.807, 2.05) is 0 Å². The Kier molecular flexibility index (Phi) is 7.09. The maximum absolute atomic E-state index is 13.2. The van der Waals surface area contributed by atoms with Crippen molar-refractivity contribution in [3.8, 4) is 0 Å². The summed E-state index contributed by atoms with van der Waals surface area (Å²) in [7, 11) is -4.09. The van der Waals surface area contributed by atoms with Crippen LogP contribution in [0, 0.1) is 0 Å². The van der Waals surface area contributed by atoms with Crippen molar-refractivity contribution in [2.75, 3.05) is 44.3 Å². The van der Waals surface area contributed by atoms with Gasteiger partial charge in [0, 0.05) is 31.9 Å². The predicted octanol–water partition coefficient (Wildman–Crippen LogP) is -1.19. The molecule has 0 saturated carbocycles. The molecule has 2 fully saturated rings. The van der Waals surface area contributed by atoms with Gasteiger partial charge in [0.2, 0.25) is 15.9 Å². The first-order chi connectivity index (χ1) is 14.3. The van der Waals surface area contributed by atoms with Crippen molar-refractivity contribution in [3.63, 3.8) is 0 Å². The van der Waals surface area contributed by atoms with Gasteiger partial charge >= 0.3 is 0 Å². The lowest BCUT2D eigenvalue weighted by atomic mass is 10.1. The second kappa shape index (κ2) is 9.40. The van der Waals surface area contributed by atoms with Crippen LogP contribution in [0.15, 0.2) is 23.1 Å². The third-order valence-corrected chi connectivity index (χ3v) is 6.89. The number of morpholine rings is 1. The largest absolute Gasteiger partial charge is 0.391 e. The fourth-order valence-electron chi connectivity index (χ4n) is 3.80. The van der Waals surface area contributed by atoms with Gasteiger partial charge in [0.05, 0.1) is 17.6 Å². The van der Waals surface area contributed by atoms with E-state index in [9.17, 15) is 23.1 Å². The van der Waals surface area contributed by atoms with Gasteiger partial charge in [-0.05, 0) is 30.5 Å². The topological polar surface area (TPSA) is 142 Å². The highest BCUT2D eigenvalue weighted by molar-refractivity contribution is 7.89. The fraction of sp³-hybridized carbons (Fsp3) is 0.579. The number of nitrogens with zero attached hydrogens (tertiary/aromatic N) is 2. The molecule has 0 aliphatic carbocycles. The normalized spacial score (nSPS) is 21.2. The Morgan fingerprint density at radius 2 is 2.17 bits per heavy atom. The van der Waals surface area contributed by atoms with E-state index in [0.29, 0.717) is 43.8 Å². The number of aliphatic hydroxyl groups is 1. The third kappa shape index (κ3) is 4.65. The first-order valence-corrected chi connectivity index (χ1v) is 11.5. The zero-order valence-electron chi connectivity index (χ0n) is 16.9. The minimum atomic E-state index is -4.09. The fourth-order valence-corrected chi connectivity index (χ4v) is 5.33. The molecule has 2 atom stereocenters. The third-order valence-electron chi connectivity index (χ3n) is 5.33. The number of β-amino-alcohol motifs (C(OH)–C–C–N with tert-alkyl or cyclic N) is 1. The molecule has 30 heavy (non-hydrogen) atoms. The summed E-state index contributed by atoms with van der Waals surface area (Å²) in [5.41, 5.74) is 6.70. The molecule has 11 heteroatoms. The number of sulfonamides is 1. The van der Waals surface area contributed by atoms with Gasteiger partial charge in [0.15, 0.2) is 0 Å². The molecule has 1 aromatic carbocycles. The number of hydrogen-bond donors (Lipinski definition) is 3. The predicted molar refractivity (Wildman–Crippen MR) is 109 cm³/mol. The molecule has 4 N–H and O–H groups in total. The lowest BCUT2D eigenvalue weighted by Gasteiger charge is -2.29. The highest BCUT2D eigenvalue weighted by Crippen LogP contribution is 2.29. The number of nitrogens with one attached hydrogen (secondary N) is 1. The summed E-state index contributed by atoms with van der Waals surface area (Å²) in [6, 6.07) is 3.59. The molecule has 10 nitrogen and oxygen atoms in total. The number of benzene rings is 1. The Bertz CT molecular complexity index is 906. The Balaban J connectivity index is 1.88. The van der Waals surface area contributed by atoms with Gasteiger partial charge in [-0.15, -0.1) is 0 Å². The molecule has 1 aromatic rings. The molecule has 2 amide bonds. The highest BCUT2D eigenvalue weighted by atomic mass is 32.2. The monoisotopic (exact) mass is 440 g/mol. The first kappa shape index (κ1) is 22.6. The van der Waals surface area contributed by atoms with E-state index < -0.39 is 28.1 Å². The highest BCUT2D eigenvalue weighted by Gasteiger charge is 2.33. The number of ether oxygens (including phenoxy) is 1. The number of rotatable bonds is 7. The van der Waals surface area contributed by atoms with Crippen molar-refractivity contribution in [2.45, 2.75) is 36.8 Å². The maximum atomic E-state index is 13.2. The number of hydrogen-bond acceptors (Lipinski definition) is 7. The molecule has 0 radical (unpaired) electrons. The molecule has 3 rings (SSSR count). The van der Waals surface area contributed by atoms with E-state index in [4.69, 9.17) is 10.5 Å². The zero-order valence-corrected chi connectivity index (χ0v) is 17.7. The molecular weight excluding hydrogens is 412 g/mol. The molecule has 0 unspecified atom stereocenters. The van der Waals surface area contributed by atoms with Gasteiger partial charge in [0.1, 0.15) is 12.6 Å². The zero-order chi connectivity index (χ0) is 21.9. The molecule has 2 heterocycles. The van der Waals surface area contributed by atoms with Gasteiger partial charge in [-0.2, -0.15) is 4.72 Å². The van der Waals surface area contributed by atoms with Gasteiger partial charge < -0.3 is 25.4 Å². The standard InChI is InChI=1S/C19H28N4O6S/c1-2-14-16(23-8-9-29-12-18(23)25)4-3-5-17(14)30(27,28)21-15(10-20)19(26)22-7-6-13(24)11-22/h3-5,13,15,21,24H,2,6-12,20H2,1H3/t13-,15+/m1/s1. The number of amides is 2. The summed E-state index contributed by atoms with van der Waals surface area (Å²) in [6.45, 7) is 2.76. The van der Waals surface area contributed by atoms with Crippen molar-refractivity contribution in [3.05, 3.63) is 23.8 Å². The van der Waals surface area contributed by atoms with Crippen molar-refractivity contribution < 1.29 is 27.9 Å². The van der Waals surface area contributed by atoms with Gasteiger partial charge in [-0.3, -0.25) is 9.59 Å². The average Bonchev–Trinajstić information content (AvgIpc) is 3.17. The Morgan fingerprint density at radius 1 is 1.40 bits per heavy atom. The number of aliphatic hydroxyl groups excluding tert-OH is 1. The minimum absolute atomic E-state index is 0.00879. The Morgan fingerprint density at radius 3 is 2.77 bits per heavy atom. The van der Waals surface area contributed by atoms with Crippen LogP contribution in [-0.4, -0.2) is 81.8 Å². The molecule has 0 aromatic heterocycles. The number of anilines is 1. The van der Waals surface area contributed by atoms with Crippen molar-refractivity contribution in [1.29, 1.82) is 0 Å². The van der Waals surface area contributed by atoms with Crippen LogP contribution in [0.1, 0.15) is 18.9 Å². The summed E-state index contributed by atoms with van der Waals surface area (Å²) >= 11 is 0. The Hall–Kier alpha value is -2.05. The van der Waals surface area contributed by atoms with Crippen LogP contribution in [0.4, 0.5) is 5.69 Å². The quantitative estimate of drug-likeness (QED) is 0.484. The van der Waals surface area contributed by atoms with E-state index in [1.165, 1.54) is 15.9 Å². The van der Waals surface area contributed by atoms with Crippen LogP contribution >= 0.6 is 0 Å². The number of likely N-dealkylation sites (tertiary alicyclic amines) is 1. The molecular formula is C19H28N4O6S. The van der Waals surface area contributed by atoms with Gasteiger partial charge in [-0.25, -0.2) is 8.42 Å².